The van der Waals surface area contributed by atoms with Gasteiger partial charge in [-0.05, 0) is 50.1 Å². The van der Waals surface area contributed by atoms with E-state index in [0.29, 0.717) is 5.69 Å². The van der Waals surface area contributed by atoms with Crippen LogP contribution in [-0.2, 0) is 0 Å². The van der Waals surface area contributed by atoms with E-state index in [1.807, 2.05) is 13.0 Å². The molecule has 2 rings (SSSR count). The second kappa shape index (κ2) is 5.59. The zero-order chi connectivity index (χ0) is 14.9. The Kier molecular flexibility index (Phi) is 4.04. The summed E-state index contributed by atoms with van der Waals surface area (Å²) in [6, 6.07) is 9.78. The van der Waals surface area contributed by atoms with Crippen LogP contribution in [0.15, 0.2) is 40.1 Å². The van der Waals surface area contributed by atoms with E-state index in [2.05, 4.69) is 32.0 Å². The SMILES string of the molecule is Cc1ccc(Sc2cc(C)c(N)c(C(=O)O)c2)c(C)c1. The molecule has 4 heteroatoms. The number of rotatable bonds is 3. The van der Waals surface area contributed by atoms with Crippen LogP contribution in [0.5, 0.6) is 0 Å². The summed E-state index contributed by atoms with van der Waals surface area (Å²) >= 11 is 1.56. The summed E-state index contributed by atoms with van der Waals surface area (Å²) < 4.78 is 0. The smallest absolute Gasteiger partial charge is 0.337 e. The van der Waals surface area contributed by atoms with E-state index in [-0.39, 0.29) is 5.56 Å². The highest BCUT2D eigenvalue weighted by Crippen LogP contribution is 2.33. The number of aromatic carboxylic acids is 1. The molecule has 0 aliphatic rings. The van der Waals surface area contributed by atoms with Crippen molar-refractivity contribution < 1.29 is 9.90 Å². The second-order valence-electron chi connectivity index (χ2n) is 4.88. The lowest BCUT2D eigenvalue weighted by molar-refractivity contribution is 0.0697. The third-order valence-electron chi connectivity index (χ3n) is 3.15. The maximum atomic E-state index is 11.2. The molecule has 3 nitrogen and oxygen atoms in total. The number of carboxylic acids is 1. The van der Waals surface area contributed by atoms with Crippen LogP contribution in [-0.4, -0.2) is 11.1 Å². The molecule has 0 atom stereocenters. The Morgan fingerprint density at radius 2 is 1.80 bits per heavy atom. The summed E-state index contributed by atoms with van der Waals surface area (Å²) in [5.41, 5.74) is 9.49. The van der Waals surface area contributed by atoms with Crippen LogP contribution in [0.2, 0.25) is 0 Å². The van der Waals surface area contributed by atoms with Gasteiger partial charge >= 0.3 is 5.97 Å². The van der Waals surface area contributed by atoms with Crippen LogP contribution >= 0.6 is 11.8 Å². The van der Waals surface area contributed by atoms with Crippen molar-refractivity contribution in [1.29, 1.82) is 0 Å². The van der Waals surface area contributed by atoms with Gasteiger partial charge in [0.15, 0.2) is 0 Å². The number of benzene rings is 2. The molecule has 0 saturated heterocycles. The van der Waals surface area contributed by atoms with Gasteiger partial charge in [-0.15, -0.1) is 0 Å². The topological polar surface area (TPSA) is 63.3 Å². The Labute approximate surface area is 122 Å². The van der Waals surface area contributed by atoms with Gasteiger partial charge in [0, 0.05) is 15.5 Å². The monoisotopic (exact) mass is 287 g/mol. The molecule has 0 aromatic heterocycles. The van der Waals surface area contributed by atoms with Gasteiger partial charge in [-0.2, -0.15) is 0 Å². The Hall–Kier alpha value is -1.94. The molecular weight excluding hydrogens is 270 g/mol. The van der Waals surface area contributed by atoms with Crippen molar-refractivity contribution in [2.75, 3.05) is 5.73 Å². The molecule has 0 aliphatic heterocycles. The van der Waals surface area contributed by atoms with E-state index < -0.39 is 5.97 Å². The first kappa shape index (κ1) is 14.5. The van der Waals surface area contributed by atoms with Crippen molar-refractivity contribution in [3.05, 3.63) is 52.6 Å². The van der Waals surface area contributed by atoms with E-state index in [4.69, 9.17) is 5.73 Å². The fraction of sp³-hybridized carbons (Fsp3) is 0.188. The summed E-state index contributed by atoms with van der Waals surface area (Å²) in [6.07, 6.45) is 0. The van der Waals surface area contributed by atoms with Crippen LogP contribution < -0.4 is 5.73 Å². The van der Waals surface area contributed by atoms with Crippen LogP contribution in [0.3, 0.4) is 0 Å². The molecular formula is C16H17NO2S. The second-order valence-corrected chi connectivity index (χ2v) is 5.99. The number of hydrogen-bond donors (Lipinski definition) is 2. The van der Waals surface area contributed by atoms with Gasteiger partial charge in [0.2, 0.25) is 0 Å². The van der Waals surface area contributed by atoms with Crippen LogP contribution in [0.1, 0.15) is 27.0 Å². The summed E-state index contributed by atoms with van der Waals surface area (Å²) in [5.74, 6) is -0.992. The van der Waals surface area contributed by atoms with Crippen molar-refractivity contribution >= 4 is 23.4 Å². The molecule has 3 N–H and O–H groups in total. The molecule has 0 amide bonds. The molecule has 0 saturated carbocycles. The molecule has 0 spiro atoms. The summed E-state index contributed by atoms with van der Waals surface area (Å²) in [6.45, 7) is 5.93. The molecule has 0 unspecified atom stereocenters. The molecule has 0 aliphatic carbocycles. The summed E-state index contributed by atoms with van der Waals surface area (Å²) in [5, 5.41) is 9.18. The first-order valence-electron chi connectivity index (χ1n) is 6.27. The van der Waals surface area contributed by atoms with Gasteiger partial charge in [0.25, 0.3) is 0 Å². The van der Waals surface area contributed by atoms with Crippen LogP contribution in [0.4, 0.5) is 5.69 Å². The third-order valence-corrected chi connectivity index (χ3v) is 4.30. The lowest BCUT2D eigenvalue weighted by atomic mass is 10.1. The van der Waals surface area contributed by atoms with E-state index in [9.17, 15) is 9.90 Å². The van der Waals surface area contributed by atoms with Crippen molar-refractivity contribution in [3.8, 4) is 0 Å². The first-order chi connectivity index (χ1) is 9.38. The van der Waals surface area contributed by atoms with Gasteiger partial charge in [-0.25, -0.2) is 4.79 Å². The number of anilines is 1. The van der Waals surface area contributed by atoms with Crippen molar-refractivity contribution in [3.63, 3.8) is 0 Å². The number of aryl methyl sites for hydroxylation is 3. The Morgan fingerprint density at radius 3 is 2.40 bits per heavy atom. The van der Waals surface area contributed by atoms with Gasteiger partial charge < -0.3 is 10.8 Å². The van der Waals surface area contributed by atoms with Crippen molar-refractivity contribution in [2.24, 2.45) is 0 Å². The lowest BCUT2D eigenvalue weighted by Gasteiger charge is -2.10. The van der Waals surface area contributed by atoms with Gasteiger partial charge in [0.1, 0.15) is 0 Å². The number of hydrogen-bond acceptors (Lipinski definition) is 3. The summed E-state index contributed by atoms with van der Waals surface area (Å²) in [4.78, 5) is 13.2. The quantitative estimate of drug-likeness (QED) is 0.836. The highest BCUT2D eigenvalue weighted by molar-refractivity contribution is 7.99. The lowest BCUT2D eigenvalue weighted by Crippen LogP contribution is -2.04. The highest BCUT2D eigenvalue weighted by atomic mass is 32.2. The number of nitrogens with two attached hydrogens (primary N) is 1. The minimum Gasteiger partial charge on any atom is -0.478 e. The predicted octanol–water partition coefficient (Wildman–Crippen LogP) is 4.04. The largest absolute Gasteiger partial charge is 0.478 e. The molecule has 0 bridgehead atoms. The number of carbonyl (C=O) groups is 1. The Bertz CT molecular complexity index is 680. The summed E-state index contributed by atoms with van der Waals surface area (Å²) in [7, 11) is 0. The van der Waals surface area contributed by atoms with Gasteiger partial charge in [-0.1, -0.05) is 29.5 Å². The fourth-order valence-electron chi connectivity index (χ4n) is 2.04. The van der Waals surface area contributed by atoms with Crippen molar-refractivity contribution in [2.45, 2.75) is 30.6 Å². The average molecular weight is 287 g/mol. The predicted molar refractivity (Wildman–Crippen MR) is 82.6 cm³/mol. The van der Waals surface area contributed by atoms with Gasteiger partial charge in [-0.3, -0.25) is 0 Å². The molecule has 0 fully saturated rings. The Balaban J connectivity index is 2.41. The van der Waals surface area contributed by atoms with Crippen LogP contribution in [0, 0.1) is 20.8 Å². The van der Waals surface area contributed by atoms with Gasteiger partial charge in [0.05, 0.1) is 5.56 Å². The maximum absolute atomic E-state index is 11.2. The molecule has 20 heavy (non-hydrogen) atoms. The standard InChI is InChI=1S/C16H17NO2S/c1-9-4-5-14(10(2)6-9)20-12-7-11(3)15(17)13(8-12)16(18)19/h4-8H,17H2,1-3H3,(H,18,19). The highest BCUT2D eigenvalue weighted by Gasteiger charge is 2.12. The Morgan fingerprint density at radius 1 is 1.10 bits per heavy atom. The van der Waals surface area contributed by atoms with E-state index in [0.717, 1.165) is 15.4 Å². The van der Waals surface area contributed by atoms with E-state index in [1.165, 1.54) is 11.1 Å². The zero-order valence-electron chi connectivity index (χ0n) is 11.7. The molecule has 104 valence electrons. The molecule has 2 aromatic carbocycles. The maximum Gasteiger partial charge on any atom is 0.337 e. The average Bonchev–Trinajstić information content (AvgIpc) is 2.36. The minimum atomic E-state index is -0.992. The fourth-order valence-corrected chi connectivity index (χ4v) is 3.06. The van der Waals surface area contributed by atoms with E-state index >= 15 is 0 Å². The zero-order valence-corrected chi connectivity index (χ0v) is 12.5. The van der Waals surface area contributed by atoms with Crippen molar-refractivity contribution in [1.82, 2.24) is 0 Å². The van der Waals surface area contributed by atoms with Crippen LogP contribution in [0.25, 0.3) is 0 Å². The normalized spacial score (nSPS) is 10.6. The third kappa shape index (κ3) is 2.96. The molecule has 0 radical (unpaired) electrons. The minimum absolute atomic E-state index is 0.164. The molecule has 0 heterocycles. The number of nitrogen functional groups attached to an aromatic ring is 1. The molecule has 2 aromatic rings. The first-order valence-corrected chi connectivity index (χ1v) is 7.08. The van der Waals surface area contributed by atoms with E-state index in [1.54, 1.807) is 17.8 Å². The number of carboxylic acid groups (broad SMARTS) is 1.